The van der Waals surface area contributed by atoms with Crippen molar-refractivity contribution in [3.8, 4) is 11.3 Å². The third kappa shape index (κ3) is 2.97. The first-order valence-corrected chi connectivity index (χ1v) is 11.2. The third-order valence-corrected chi connectivity index (χ3v) is 6.88. The predicted molar refractivity (Wildman–Crippen MR) is 116 cm³/mol. The lowest BCUT2D eigenvalue weighted by Crippen LogP contribution is -2.49. The fraction of sp³-hybridized carbons (Fsp3) is 0.333. The maximum absolute atomic E-state index is 14.0. The molecule has 2 bridgehead atoms. The van der Waals surface area contributed by atoms with Gasteiger partial charge in [0.05, 0.1) is 23.6 Å². The van der Waals surface area contributed by atoms with Gasteiger partial charge >= 0.3 is 0 Å². The zero-order valence-corrected chi connectivity index (χ0v) is 18.6. The van der Waals surface area contributed by atoms with Crippen molar-refractivity contribution in [3.63, 3.8) is 0 Å². The van der Waals surface area contributed by atoms with Crippen LogP contribution in [0.1, 0.15) is 52.5 Å². The van der Waals surface area contributed by atoms with Gasteiger partial charge in [-0.3, -0.25) is 9.48 Å². The fourth-order valence-electron chi connectivity index (χ4n) is 5.46. The highest BCUT2D eigenvalue weighted by Gasteiger charge is 2.44. The molecule has 4 aromatic rings. The number of hydrogen-bond donors (Lipinski definition) is 0. The zero-order valence-electron chi connectivity index (χ0n) is 18.6. The molecule has 1 amide bonds. The average Bonchev–Trinajstić information content (AvgIpc) is 3.36. The van der Waals surface area contributed by atoms with Crippen LogP contribution >= 0.6 is 0 Å². The van der Waals surface area contributed by atoms with Gasteiger partial charge in [-0.05, 0) is 50.3 Å². The molecule has 1 fully saturated rings. The van der Waals surface area contributed by atoms with Gasteiger partial charge in [-0.15, -0.1) is 0 Å². The van der Waals surface area contributed by atoms with Crippen molar-refractivity contribution < 1.29 is 18.0 Å². The number of carbonyl (C=O) groups is 1. The normalized spacial score (nSPS) is 19.5. The molecular formula is C24H21F3N6O. The van der Waals surface area contributed by atoms with E-state index in [0.29, 0.717) is 29.0 Å². The number of fused-ring (bicyclic) bond motifs is 5. The Hall–Kier alpha value is -3.69. The van der Waals surface area contributed by atoms with Crippen molar-refractivity contribution in [2.24, 2.45) is 7.05 Å². The van der Waals surface area contributed by atoms with Crippen molar-refractivity contribution >= 4 is 11.6 Å². The molecule has 0 radical (unpaired) electrons. The number of piperidine rings is 1. The first kappa shape index (κ1) is 20.9. The molecule has 0 spiro atoms. The minimum absolute atomic E-state index is 0.0998. The Morgan fingerprint density at radius 2 is 1.88 bits per heavy atom. The number of nitrogens with zero attached hydrogens (tertiary/aromatic N) is 6. The summed E-state index contributed by atoms with van der Waals surface area (Å²) in [6.45, 7) is 1.91. The van der Waals surface area contributed by atoms with E-state index < -0.39 is 17.5 Å². The minimum Gasteiger partial charge on any atom is -0.326 e. The molecular weight excluding hydrogens is 445 g/mol. The van der Waals surface area contributed by atoms with E-state index in [-0.39, 0.29) is 23.6 Å². The first-order valence-electron chi connectivity index (χ1n) is 11.2. The molecule has 0 unspecified atom stereocenters. The standard InChI is InChI=1S/C24H21F3N6O/c1-12-9-28-23-16(10-29-32(23)11-12)24(34)33-14-4-3-5-19(33)21-15(8-14)22(31(2)30-21)13-6-17(25)20(27)18(26)7-13/h6-7,9-11,14,19H,3-5,8H2,1-2H3/t14-,19+/m1/s1. The van der Waals surface area contributed by atoms with Gasteiger partial charge < -0.3 is 4.90 Å². The summed E-state index contributed by atoms with van der Waals surface area (Å²) in [7, 11) is 1.69. The van der Waals surface area contributed by atoms with Crippen LogP contribution in [0.3, 0.4) is 0 Å². The number of halogens is 3. The van der Waals surface area contributed by atoms with Crippen LogP contribution < -0.4 is 0 Å². The molecule has 2 aliphatic rings. The maximum atomic E-state index is 14.0. The van der Waals surface area contributed by atoms with Crippen molar-refractivity contribution in [1.82, 2.24) is 29.3 Å². The van der Waals surface area contributed by atoms with E-state index in [4.69, 9.17) is 0 Å². The summed E-state index contributed by atoms with van der Waals surface area (Å²) in [5.74, 6) is -4.13. The van der Waals surface area contributed by atoms with E-state index in [2.05, 4.69) is 15.2 Å². The second-order valence-corrected chi connectivity index (χ2v) is 9.06. The summed E-state index contributed by atoms with van der Waals surface area (Å²) in [5.41, 5.74) is 4.20. The Balaban J connectivity index is 1.44. The first-order chi connectivity index (χ1) is 16.3. The molecule has 2 aliphatic heterocycles. The van der Waals surface area contributed by atoms with E-state index in [1.54, 1.807) is 28.6 Å². The molecule has 34 heavy (non-hydrogen) atoms. The average molecular weight is 466 g/mol. The topological polar surface area (TPSA) is 68.3 Å². The summed E-state index contributed by atoms with van der Waals surface area (Å²) >= 11 is 0. The highest BCUT2D eigenvalue weighted by atomic mass is 19.2. The van der Waals surface area contributed by atoms with Gasteiger partial charge in [-0.25, -0.2) is 22.7 Å². The smallest absolute Gasteiger partial charge is 0.260 e. The summed E-state index contributed by atoms with van der Waals surface area (Å²) in [6, 6.07) is 1.62. The number of aromatic nitrogens is 5. The van der Waals surface area contributed by atoms with E-state index >= 15 is 0 Å². The summed E-state index contributed by atoms with van der Waals surface area (Å²) in [4.78, 5) is 20.0. The van der Waals surface area contributed by atoms with Gasteiger partial charge in [-0.1, -0.05) is 0 Å². The van der Waals surface area contributed by atoms with Crippen LogP contribution in [-0.2, 0) is 13.5 Å². The Morgan fingerprint density at radius 1 is 1.12 bits per heavy atom. The summed E-state index contributed by atoms with van der Waals surface area (Å²) < 4.78 is 44.7. The van der Waals surface area contributed by atoms with Crippen LogP contribution in [0.2, 0.25) is 0 Å². The molecule has 0 aliphatic carbocycles. The number of amides is 1. The molecule has 0 N–H and O–H groups in total. The molecule has 2 atom stereocenters. The summed E-state index contributed by atoms with van der Waals surface area (Å²) in [5, 5.41) is 8.97. The molecule has 10 heteroatoms. The SMILES string of the molecule is Cc1cnc2c(C(=O)N3[C@@H]4CCC[C@H]3c3nn(C)c(-c5cc(F)c(F)c(F)c5)c3C4)cnn2c1. The quantitative estimate of drug-likeness (QED) is 0.417. The largest absolute Gasteiger partial charge is 0.326 e. The Labute approximate surface area is 192 Å². The minimum atomic E-state index is -1.49. The van der Waals surface area contributed by atoms with Crippen LogP contribution in [0.15, 0.2) is 30.7 Å². The van der Waals surface area contributed by atoms with Crippen molar-refractivity contribution in [3.05, 3.63) is 70.6 Å². The number of aryl methyl sites for hydroxylation is 2. The number of rotatable bonds is 2. The third-order valence-electron chi connectivity index (χ3n) is 6.88. The number of benzene rings is 1. The fourth-order valence-corrected chi connectivity index (χ4v) is 5.46. The Morgan fingerprint density at radius 3 is 2.65 bits per heavy atom. The second-order valence-electron chi connectivity index (χ2n) is 9.06. The van der Waals surface area contributed by atoms with Crippen LogP contribution in [0, 0.1) is 24.4 Å². The van der Waals surface area contributed by atoms with E-state index in [0.717, 1.165) is 42.5 Å². The molecule has 174 valence electrons. The highest BCUT2D eigenvalue weighted by Crippen LogP contribution is 2.45. The van der Waals surface area contributed by atoms with Gasteiger partial charge in [-0.2, -0.15) is 10.2 Å². The van der Waals surface area contributed by atoms with Crippen LogP contribution in [0.5, 0.6) is 0 Å². The van der Waals surface area contributed by atoms with E-state index in [1.165, 1.54) is 0 Å². The van der Waals surface area contributed by atoms with Crippen molar-refractivity contribution in [2.75, 3.05) is 0 Å². The molecule has 1 saturated heterocycles. The van der Waals surface area contributed by atoms with E-state index in [1.807, 2.05) is 18.0 Å². The van der Waals surface area contributed by atoms with Crippen LogP contribution in [-0.4, -0.2) is 41.2 Å². The van der Waals surface area contributed by atoms with Crippen molar-refractivity contribution in [2.45, 2.75) is 44.7 Å². The highest BCUT2D eigenvalue weighted by molar-refractivity contribution is 6.00. The lowest BCUT2D eigenvalue weighted by molar-refractivity contribution is 0.0393. The maximum Gasteiger partial charge on any atom is 0.260 e. The molecule has 1 aromatic carbocycles. The van der Waals surface area contributed by atoms with Gasteiger partial charge in [0.25, 0.3) is 5.91 Å². The van der Waals surface area contributed by atoms with Gasteiger partial charge in [0.2, 0.25) is 0 Å². The molecule has 6 rings (SSSR count). The Kier molecular flexibility index (Phi) is 4.55. The predicted octanol–water partition coefficient (Wildman–Crippen LogP) is 4.15. The van der Waals surface area contributed by atoms with E-state index in [9.17, 15) is 18.0 Å². The van der Waals surface area contributed by atoms with Gasteiger partial charge in [0.15, 0.2) is 23.1 Å². The lowest BCUT2D eigenvalue weighted by atomic mass is 9.81. The number of hydrogen-bond acceptors (Lipinski definition) is 4. The molecule has 5 heterocycles. The lowest BCUT2D eigenvalue weighted by Gasteiger charge is -2.45. The molecule has 7 nitrogen and oxygen atoms in total. The van der Waals surface area contributed by atoms with Gasteiger partial charge in [0, 0.05) is 36.6 Å². The second kappa shape index (κ2) is 7.41. The zero-order chi connectivity index (χ0) is 23.7. The summed E-state index contributed by atoms with van der Waals surface area (Å²) in [6.07, 6.45) is 8.03. The van der Waals surface area contributed by atoms with Crippen LogP contribution in [0.4, 0.5) is 13.2 Å². The molecule has 0 saturated carbocycles. The van der Waals surface area contributed by atoms with Gasteiger partial charge in [0.1, 0.15) is 5.56 Å². The monoisotopic (exact) mass is 466 g/mol. The number of carbonyl (C=O) groups excluding carboxylic acids is 1. The van der Waals surface area contributed by atoms with Crippen LogP contribution in [0.25, 0.3) is 16.9 Å². The van der Waals surface area contributed by atoms with Crippen molar-refractivity contribution in [1.29, 1.82) is 0 Å². The molecule has 3 aromatic heterocycles. The Bertz CT molecular complexity index is 1450.